The van der Waals surface area contributed by atoms with Gasteiger partial charge in [0.25, 0.3) is 0 Å². The van der Waals surface area contributed by atoms with Crippen LogP contribution >= 0.6 is 0 Å². The zero-order chi connectivity index (χ0) is 24.4. The van der Waals surface area contributed by atoms with E-state index in [4.69, 9.17) is 15.3 Å². The van der Waals surface area contributed by atoms with Crippen molar-refractivity contribution in [3.05, 3.63) is 11.6 Å². The molecule has 0 amide bonds. The molecule has 0 saturated heterocycles. The van der Waals surface area contributed by atoms with E-state index in [0.29, 0.717) is 12.5 Å². The molecule has 0 fully saturated rings. The third-order valence-electron chi connectivity index (χ3n) is 4.64. The number of esters is 4. The third-order valence-corrected chi connectivity index (χ3v) is 4.64. The van der Waals surface area contributed by atoms with Crippen molar-refractivity contribution in [2.75, 3.05) is 13.2 Å². The van der Waals surface area contributed by atoms with Crippen molar-refractivity contribution in [1.29, 1.82) is 0 Å². The van der Waals surface area contributed by atoms with Crippen LogP contribution in [0.2, 0.25) is 0 Å². The molecular weight excluding hydrogens is 424 g/mol. The molecule has 10 heteroatoms. The molecule has 32 heavy (non-hydrogen) atoms. The maximum Gasteiger partial charge on any atom is 0.345 e. The van der Waals surface area contributed by atoms with Crippen LogP contribution in [0.4, 0.5) is 0 Å². The van der Waals surface area contributed by atoms with Gasteiger partial charge >= 0.3 is 23.9 Å². The van der Waals surface area contributed by atoms with Crippen LogP contribution in [0, 0.1) is 0 Å². The molecule has 0 saturated carbocycles. The van der Waals surface area contributed by atoms with Crippen molar-refractivity contribution >= 4 is 23.9 Å². The third kappa shape index (κ3) is 14.0. The summed E-state index contributed by atoms with van der Waals surface area (Å²) in [6, 6.07) is 0. The molecule has 0 spiro atoms. The summed E-state index contributed by atoms with van der Waals surface area (Å²) in [6.45, 7) is 0.273. The Kier molecular flexibility index (Phi) is 17.2. The Morgan fingerprint density at radius 1 is 0.719 bits per heavy atom. The zero-order valence-corrected chi connectivity index (χ0v) is 18.7. The predicted octanol–water partition coefficient (Wildman–Crippen LogP) is 1.07. The number of ether oxygens (including phenoxy) is 2. The summed E-state index contributed by atoms with van der Waals surface area (Å²) in [7, 11) is 0. The van der Waals surface area contributed by atoms with Crippen molar-refractivity contribution < 1.29 is 49.1 Å². The second-order valence-electron chi connectivity index (χ2n) is 7.45. The van der Waals surface area contributed by atoms with Gasteiger partial charge in [-0.05, 0) is 12.8 Å². The second-order valence-corrected chi connectivity index (χ2v) is 7.45. The van der Waals surface area contributed by atoms with Crippen molar-refractivity contribution in [3.8, 4) is 0 Å². The normalized spacial score (nSPS) is 13.3. The van der Waals surface area contributed by atoms with Gasteiger partial charge in [0.15, 0.2) is 12.2 Å². The lowest BCUT2D eigenvalue weighted by molar-refractivity contribution is -0.167. The molecule has 10 nitrogen and oxygen atoms in total. The molecule has 0 aliphatic heterocycles. The topological polar surface area (TPSA) is 168 Å². The lowest BCUT2D eigenvalue weighted by Gasteiger charge is -2.10. The minimum Gasteiger partial charge on any atom is -0.393 e. The molecule has 0 aromatic carbocycles. The van der Waals surface area contributed by atoms with E-state index < -0.39 is 49.3 Å². The van der Waals surface area contributed by atoms with Gasteiger partial charge in [0.2, 0.25) is 0 Å². The number of hydrogen-bond acceptors (Lipinski definition) is 10. The minimum absolute atomic E-state index is 0.0453. The molecule has 0 heterocycles. The first-order valence-electron chi connectivity index (χ1n) is 11.1. The first-order chi connectivity index (χ1) is 15.3. The summed E-state index contributed by atoms with van der Waals surface area (Å²) >= 11 is 0. The summed E-state index contributed by atoms with van der Waals surface area (Å²) in [6.07, 6.45) is 7.28. The molecule has 0 aromatic heterocycles. The van der Waals surface area contributed by atoms with Gasteiger partial charge in [-0.15, -0.1) is 0 Å². The Balaban J connectivity index is 4.72. The number of rotatable bonds is 17. The largest absolute Gasteiger partial charge is 0.393 e. The monoisotopic (exact) mass is 460 g/mol. The van der Waals surface area contributed by atoms with Crippen molar-refractivity contribution in [3.63, 3.8) is 0 Å². The molecule has 184 valence electrons. The quantitative estimate of drug-likeness (QED) is 0.107. The fraction of sp³-hybridized carbons (Fsp3) is 0.727. The lowest BCUT2D eigenvalue weighted by Crippen LogP contribution is -2.30. The Labute approximate surface area is 188 Å². The van der Waals surface area contributed by atoms with E-state index in [2.05, 4.69) is 16.4 Å². The highest BCUT2D eigenvalue weighted by molar-refractivity contribution is 6.03. The van der Waals surface area contributed by atoms with Crippen LogP contribution in [-0.4, -0.2) is 69.7 Å². The molecule has 0 aromatic rings. The van der Waals surface area contributed by atoms with Gasteiger partial charge in [0.05, 0.1) is 13.2 Å². The predicted molar refractivity (Wildman–Crippen MR) is 113 cm³/mol. The molecule has 0 aliphatic rings. The number of hydrogen-bond donors (Lipinski definition) is 4. The van der Waals surface area contributed by atoms with E-state index in [1.54, 1.807) is 0 Å². The van der Waals surface area contributed by atoms with Crippen LogP contribution in [0.3, 0.4) is 0 Å². The maximum absolute atomic E-state index is 12.2. The van der Waals surface area contributed by atoms with Crippen molar-refractivity contribution in [1.82, 2.24) is 0 Å². The standard InChI is InChI=1S/C22H36O10/c1-2-3-4-5-6-7-8-9-10-11-12-16(20(28)32-22(30)18(26)15-24)13-19(27)31-21(29)17(25)14-23/h13,17-18,23-26H,2-12,14-15H2,1H3/b16-13+. The SMILES string of the molecule is CCCCCCCCCCCC/C(=C\C(=O)OC(=O)C(O)CO)C(=O)OC(=O)C(O)CO. The minimum atomic E-state index is -1.91. The number of carbonyl (C=O) groups is 4. The van der Waals surface area contributed by atoms with Gasteiger partial charge in [-0.3, -0.25) is 0 Å². The Morgan fingerprint density at radius 3 is 1.62 bits per heavy atom. The van der Waals surface area contributed by atoms with Crippen molar-refractivity contribution in [2.24, 2.45) is 0 Å². The summed E-state index contributed by atoms with van der Waals surface area (Å²) in [5.74, 6) is -5.28. The van der Waals surface area contributed by atoms with Gasteiger partial charge in [-0.1, -0.05) is 64.7 Å². The summed E-state index contributed by atoms with van der Waals surface area (Å²) in [4.78, 5) is 46.9. The maximum atomic E-state index is 12.2. The lowest BCUT2D eigenvalue weighted by atomic mass is 10.0. The number of aliphatic hydroxyl groups excluding tert-OH is 4. The van der Waals surface area contributed by atoms with Crippen LogP contribution in [0.15, 0.2) is 11.6 Å². The Hall–Kier alpha value is -2.14. The molecule has 0 bridgehead atoms. The molecule has 2 unspecified atom stereocenters. The number of aliphatic hydroxyl groups is 4. The molecule has 0 aliphatic carbocycles. The highest BCUT2D eigenvalue weighted by Gasteiger charge is 2.24. The van der Waals surface area contributed by atoms with Gasteiger partial charge in [-0.25, -0.2) is 19.2 Å². The molecule has 0 rings (SSSR count). The Morgan fingerprint density at radius 2 is 1.16 bits per heavy atom. The van der Waals surface area contributed by atoms with Gasteiger partial charge < -0.3 is 29.9 Å². The second kappa shape index (κ2) is 18.4. The average Bonchev–Trinajstić information content (AvgIpc) is 2.77. The highest BCUT2D eigenvalue weighted by atomic mass is 16.6. The first-order valence-corrected chi connectivity index (χ1v) is 11.1. The first kappa shape index (κ1) is 29.9. The molecule has 0 radical (unpaired) electrons. The Bertz CT molecular complexity index is 614. The van der Waals surface area contributed by atoms with E-state index in [1.165, 1.54) is 32.1 Å². The fourth-order valence-corrected chi connectivity index (χ4v) is 2.75. The van der Waals surface area contributed by atoms with E-state index in [9.17, 15) is 24.3 Å². The van der Waals surface area contributed by atoms with Crippen LogP contribution in [-0.2, 0) is 28.7 Å². The van der Waals surface area contributed by atoms with Crippen LogP contribution in [0.1, 0.15) is 77.6 Å². The van der Waals surface area contributed by atoms with E-state index >= 15 is 0 Å². The van der Waals surface area contributed by atoms with Crippen molar-refractivity contribution in [2.45, 2.75) is 89.8 Å². The zero-order valence-electron chi connectivity index (χ0n) is 18.7. The highest BCUT2D eigenvalue weighted by Crippen LogP contribution is 2.15. The van der Waals surface area contributed by atoms with E-state index in [1.807, 2.05) is 0 Å². The summed E-state index contributed by atoms with van der Waals surface area (Å²) < 4.78 is 8.75. The molecule has 4 N–H and O–H groups in total. The number of carbonyl (C=O) groups excluding carboxylic acids is 4. The average molecular weight is 461 g/mol. The van der Waals surface area contributed by atoms with Gasteiger partial charge in [0.1, 0.15) is 0 Å². The molecular formula is C22H36O10. The summed E-state index contributed by atoms with van der Waals surface area (Å²) in [5, 5.41) is 35.8. The molecule has 2 atom stereocenters. The van der Waals surface area contributed by atoms with Crippen LogP contribution in [0.5, 0.6) is 0 Å². The number of unbranched alkanes of at least 4 members (excludes halogenated alkanes) is 9. The van der Waals surface area contributed by atoms with Gasteiger partial charge in [0, 0.05) is 11.6 Å². The van der Waals surface area contributed by atoms with E-state index in [-0.39, 0.29) is 12.0 Å². The van der Waals surface area contributed by atoms with E-state index in [0.717, 1.165) is 25.7 Å². The smallest absolute Gasteiger partial charge is 0.345 e. The summed E-state index contributed by atoms with van der Waals surface area (Å²) in [5.41, 5.74) is -0.264. The van der Waals surface area contributed by atoms with Crippen LogP contribution in [0.25, 0.3) is 0 Å². The van der Waals surface area contributed by atoms with Gasteiger partial charge in [-0.2, -0.15) is 0 Å². The fourth-order valence-electron chi connectivity index (χ4n) is 2.75. The van der Waals surface area contributed by atoms with Crippen LogP contribution < -0.4 is 0 Å².